The second-order valence-corrected chi connectivity index (χ2v) is 8.16. The van der Waals surface area contributed by atoms with Gasteiger partial charge in [-0.15, -0.1) is 5.06 Å². The highest BCUT2D eigenvalue weighted by molar-refractivity contribution is 6.36. The number of rotatable bonds is 5. The molecule has 0 fully saturated rings. The number of hydrogen-bond acceptors (Lipinski definition) is 7. The number of nitrogens with two attached hydrogens (primary N) is 1. The van der Waals surface area contributed by atoms with E-state index in [1.54, 1.807) is 24.4 Å². The van der Waals surface area contributed by atoms with Crippen molar-refractivity contribution in [1.29, 1.82) is 0 Å². The molecule has 4 rings (SSSR count). The lowest BCUT2D eigenvalue weighted by Crippen LogP contribution is -2.34. The van der Waals surface area contributed by atoms with Crippen molar-refractivity contribution in [1.82, 2.24) is 15.4 Å². The van der Waals surface area contributed by atoms with Gasteiger partial charge in [-0.1, -0.05) is 29.3 Å². The van der Waals surface area contributed by atoms with Crippen LogP contribution in [-0.2, 0) is 4.84 Å². The minimum atomic E-state index is -0.728. The predicted octanol–water partition coefficient (Wildman–Crippen LogP) is 5.36. The molecule has 1 amide bonds. The van der Waals surface area contributed by atoms with Crippen molar-refractivity contribution >= 4 is 51.7 Å². The van der Waals surface area contributed by atoms with E-state index >= 15 is 0 Å². The number of nitrogen functional groups attached to an aromatic ring is 1. The molecule has 3 heterocycles. The molecule has 3 N–H and O–H groups in total. The van der Waals surface area contributed by atoms with Gasteiger partial charge in [-0.2, -0.15) is 0 Å². The third-order valence-corrected chi connectivity index (χ3v) is 6.03. The van der Waals surface area contributed by atoms with Crippen LogP contribution in [0.3, 0.4) is 0 Å². The first kappa shape index (κ1) is 23.2. The largest absolute Gasteiger partial charge is 0.478 e. The lowest BCUT2D eigenvalue weighted by Gasteiger charge is -2.24. The third kappa shape index (κ3) is 4.57. The minimum absolute atomic E-state index is 0.113. The molecule has 2 aromatic heterocycles. The second-order valence-electron chi connectivity index (χ2n) is 7.38. The van der Waals surface area contributed by atoms with Crippen LogP contribution in [0.5, 0.6) is 5.75 Å². The average molecular weight is 495 g/mol. The van der Waals surface area contributed by atoms with Crippen molar-refractivity contribution in [3.05, 3.63) is 57.7 Å². The molecule has 1 atom stereocenters. The Labute approximate surface area is 199 Å². The van der Waals surface area contributed by atoms with Crippen molar-refractivity contribution in [2.24, 2.45) is 0 Å². The Kier molecular flexibility index (Phi) is 6.64. The number of ether oxygens (including phenoxy) is 1. The Morgan fingerprint density at radius 3 is 2.88 bits per heavy atom. The first-order valence-electron chi connectivity index (χ1n) is 10.1. The van der Waals surface area contributed by atoms with Crippen LogP contribution in [0.25, 0.3) is 16.5 Å². The van der Waals surface area contributed by atoms with E-state index in [4.69, 9.17) is 42.9 Å². The first-order chi connectivity index (χ1) is 15.8. The lowest BCUT2D eigenvalue weighted by molar-refractivity contribution is -0.0906. The van der Waals surface area contributed by atoms with Gasteiger partial charge in [0.25, 0.3) is 0 Å². The number of aromatic nitrogens is 1. The Bertz CT molecular complexity index is 1250. The zero-order valence-electron chi connectivity index (χ0n) is 17.8. The summed E-state index contributed by atoms with van der Waals surface area (Å²) < 4.78 is 25.8. The van der Waals surface area contributed by atoms with Crippen LogP contribution >= 0.6 is 23.2 Å². The highest BCUT2D eigenvalue weighted by atomic mass is 35.5. The molecular formula is C22H21Cl2FN4O4. The van der Waals surface area contributed by atoms with E-state index in [2.05, 4.69) is 10.3 Å². The van der Waals surface area contributed by atoms with E-state index in [-0.39, 0.29) is 21.6 Å². The SMILES string of the molecule is CNC(=O)ON1CC=C(c2coc3c(O[C@H](C)c4c(Cl)ccc(F)c4Cl)c(N)ncc23)CC1. The number of anilines is 1. The molecule has 33 heavy (non-hydrogen) atoms. The van der Waals surface area contributed by atoms with Crippen LogP contribution in [0, 0.1) is 5.82 Å². The molecule has 0 aliphatic carbocycles. The topological polar surface area (TPSA) is 103 Å². The van der Waals surface area contributed by atoms with Crippen molar-refractivity contribution in [3.63, 3.8) is 0 Å². The molecule has 11 heteroatoms. The third-order valence-electron chi connectivity index (χ3n) is 5.32. The van der Waals surface area contributed by atoms with E-state index in [0.29, 0.717) is 36.0 Å². The van der Waals surface area contributed by atoms with Gasteiger partial charge in [0.15, 0.2) is 11.4 Å². The van der Waals surface area contributed by atoms with Gasteiger partial charge in [-0.05, 0) is 31.1 Å². The zero-order chi connectivity index (χ0) is 23.7. The van der Waals surface area contributed by atoms with E-state index < -0.39 is 18.0 Å². The maximum Gasteiger partial charge on any atom is 0.426 e. The van der Waals surface area contributed by atoms with Crippen molar-refractivity contribution in [3.8, 4) is 5.75 Å². The zero-order valence-corrected chi connectivity index (χ0v) is 19.3. The number of furan rings is 1. The molecule has 1 aliphatic heterocycles. The molecular weight excluding hydrogens is 474 g/mol. The van der Waals surface area contributed by atoms with E-state index in [0.717, 1.165) is 11.1 Å². The van der Waals surface area contributed by atoms with Gasteiger partial charge in [-0.3, -0.25) is 0 Å². The van der Waals surface area contributed by atoms with Gasteiger partial charge in [0, 0.05) is 35.9 Å². The number of halogens is 3. The molecule has 1 aromatic carbocycles. The number of nitrogens with zero attached hydrogens (tertiary/aromatic N) is 2. The normalized spacial score (nSPS) is 15.2. The van der Waals surface area contributed by atoms with Crippen LogP contribution < -0.4 is 15.8 Å². The van der Waals surface area contributed by atoms with Crippen LogP contribution in [0.15, 0.2) is 35.1 Å². The van der Waals surface area contributed by atoms with Gasteiger partial charge in [0.1, 0.15) is 11.9 Å². The highest BCUT2D eigenvalue weighted by Crippen LogP contribution is 2.41. The summed E-state index contributed by atoms with van der Waals surface area (Å²) in [5.41, 5.74) is 8.61. The molecule has 0 saturated heterocycles. The summed E-state index contributed by atoms with van der Waals surface area (Å²) in [5.74, 6) is -0.278. The van der Waals surface area contributed by atoms with Crippen LogP contribution in [0.2, 0.25) is 10.0 Å². The minimum Gasteiger partial charge on any atom is -0.478 e. The van der Waals surface area contributed by atoms with E-state index in [1.165, 1.54) is 19.2 Å². The number of pyridine rings is 1. The standard InChI is InChI=1S/C22H21Cl2FN4O4/c1-11(17-15(23)3-4-16(25)18(17)24)32-20-19-13(9-28-21(20)26)14(10-31-19)12-5-7-29(8-6-12)33-22(30)27-2/h3-5,9-11H,6-8H2,1-2H3,(H2,26,28)(H,27,30)/t11-/m1/s1. The Hall–Kier alpha value is -3.01. The fourth-order valence-corrected chi connectivity index (χ4v) is 4.31. The van der Waals surface area contributed by atoms with Gasteiger partial charge in [0.2, 0.25) is 5.75 Å². The number of nitrogens with one attached hydrogen (secondary N) is 1. The summed E-state index contributed by atoms with van der Waals surface area (Å²) in [6, 6.07) is 2.60. The quantitative estimate of drug-likeness (QED) is 0.460. The number of hydroxylamine groups is 2. The lowest BCUT2D eigenvalue weighted by atomic mass is 10.0. The molecule has 3 aromatic rings. The van der Waals surface area contributed by atoms with Gasteiger partial charge in [-0.25, -0.2) is 14.2 Å². The summed E-state index contributed by atoms with van der Waals surface area (Å²) in [7, 11) is 1.50. The van der Waals surface area contributed by atoms with Crippen molar-refractivity contribution < 1.29 is 23.2 Å². The van der Waals surface area contributed by atoms with Crippen LogP contribution in [0.1, 0.15) is 30.6 Å². The molecule has 0 spiro atoms. The fraction of sp³-hybridized carbons (Fsp3) is 0.273. The summed E-state index contributed by atoms with van der Waals surface area (Å²) in [6.07, 6.45) is 4.53. The Morgan fingerprint density at radius 2 is 2.18 bits per heavy atom. The summed E-state index contributed by atoms with van der Waals surface area (Å²) in [4.78, 5) is 20.8. The van der Waals surface area contributed by atoms with E-state index in [1.807, 2.05) is 6.08 Å². The number of carbonyl (C=O) groups excluding carboxylic acids is 1. The van der Waals surface area contributed by atoms with E-state index in [9.17, 15) is 9.18 Å². The molecule has 0 bridgehead atoms. The van der Waals surface area contributed by atoms with Crippen molar-refractivity contribution in [2.45, 2.75) is 19.4 Å². The first-order valence-corrected chi connectivity index (χ1v) is 10.9. The highest BCUT2D eigenvalue weighted by Gasteiger charge is 2.24. The molecule has 1 aliphatic rings. The summed E-state index contributed by atoms with van der Waals surface area (Å²) >= 11 is 12.4. The molecule has 0 unspecified atom stereocenters. The molecule has 0 radical (unpaired) electrons. The molecule has 8 nitrogen and oxygen atoms in total. The Balaban J connectivity index is 1.63. The smallest absolute Gasteiger partial charge is 0.426 e. The second kappa shape index (κ2) is 9.46. The summed E-state index contributed by atoms with van der Waals surface area (Å²) in [5, 5.41) is 4.82. The monoisotopic (exact) mass is 494 g/mol. The number of hydrogen-bond donors (Lipinski definition) is 2. The van der Waals surface area contributed by atoms with Gasteiger partial charge in [0.05, 0.1) is 23.2 Å². The van der Waals surface area contributed by atoms with Crippen LogP contribution in [0.4, 0.5) is 15.0 Å². The van der Waals surface area contributed by atoms with Crippen LogP contribution in [-0.4, -0.2) is 36.3 Å². The van der Waals surface area contributed by atoms with Crippen molar-refractivity contribution in [2.75, 3.05) is 25.9 Å². The number of amides is 1. The average Bonchev–Trinajstić information content (AvgIpc) is 3.23. The van der Waals surface area contributed by atoms with Gasteiger partial charge >= 0.3 is 6.09 Å². The Morgan fingerprint density at radius 1 is 1.39 bits per heavy atom. The van der Waals surface area contributed by atoms with Gasteiger partial charge < -0.3 is 25.0 Å². The maximum atomic E-state index is 14.0. The number of benzene rings is 1. The molecule has 0 saturated carbocycles. The predicted molar refractivity (Wildman–Crippen MR) is 124 cm³/mol. The number of fused-ring (bicyclic) bond motifs is 1. The number of carbonyl (C=O) groups is 1. The summed E-state index contributed by atoms with van der Waals surface area (Å²) in [6.45, 7) is 2.62. The molecule has 174 valence electrons. The fourth-order valence-electron chi connectivity index (χ4n) is 3.63. The maximum absolute atomic E-state index is 14.0.